The summed E-state index contributed by atoms with van der Waals surface area (Å²) in [6.07, 6.45) is 4.00. The molecule has 1 aromatic carbocycles. The smallest absolute Gasteiger partial charge is 0.307 e. The molecule has 2 N–H and O–H groups in total. The Morgan fingerprint density at radius 2 is 1.97 bits per heavy atom. The van der Waals surface area contributed by atoms with Gasteiger partial charge in [0.05, 0.1) is 34.6 Å². The van der Waals surface area contributed by atoms with Gasteiger partial charge in [-0.2, -0.15) is 0 Å². The van der Waals surface area contributed by atoms with E-state index in [0.717, 1.165) is 17.8 Å². The van der Waals surface area contributed by atoms with Crippen LogP contribution in [0, 0.1) is 12.7 Å². The van der Waals surface area contributed by atoms with E-state index in [0.29, 0.717) is 11.5 Å². The van der Waals surface area contributed by atoms with E-state index in [1.54, 1.807) is 19.3 Å². The van der Waals surface area contributed by atoms with Gasteiger partial charge in [0.15, 0.2) is 0 Å². The Kier molecular flexibility index (Phi) is 5.47. The summed E-state index contributed by atoms with van der Waals surface area (Å²) >= 11 is 0. The molecule has 8 nitrogen and oxygen atoms in total. The van der Waals surface area contributed by atoms with Gasteiger partial charge in [-0.25, -0.2) is 17.8 Å². The van der Waals surface area contributed by atoms with E-state index < -0.39 is 39.0 Å². The predicted molar refractivity (Wildman–Crippen MR) is 114 cm³/mol. The molecule has 0 spiro atoms. The van der Waals surface area contributed by atoms with Crippen molar-refractivity contribution in [2.75, 3.05) is 5.32 Å². The minimum atomic E-state index is -4.33. The van der Waals surface area contributed by atoms with Gasteiger partial charge >= 0.3 is 5.97 Å². The summed E-state index contributed by atoms with van der Waals surface area (Å²) in [5, 5.41) is 12.5. The Hall–Kier alpha value is -3.66. The third-order valence-electron chi connectivity index (χ3n) is 5.05. The SMILES string of the molecule is Cc1cncc(Nc2ccc(S(=O)(=O)c3c(F)ccc4c3=C(CC(=O)O)C(C)N=4)cn2)c1. The van der Waals surface area contributed by atoms with E-state index in [9.17, 15) is 22.7 Å². The molecule has 0 aliphatic carbocycles. The van der Waals surface area contributed by atoms with Crippen molar-refractivity contribution in [3.05, 3.63) is 70.9 Å². The van der Waals surface area contributed by atoms with Crippen molar-refractivity contribution in [2.45, 2.75) is 36.1 Å². The van der Waals surface area contributed by atoms with Crippen molar-refractivity contribution >= 4 is 32.9 Å². The minimum absolute atomic E-state index is 0.0212. The van der Waals surface area contributed by atoms with E-state index in [2.05, 4.69) is 20.3 Å². The lowest BCUT2D eigenvalue weighted by Crippen LogP contribution is -2.32. The van der Waals surface area contributed by atoms with Crippen LogP contribution in [0.4, 0.5) is 15.9 Å². The molecule has 2 aromatic heterocycles. The average Bonchev–Trinajstić information content (AvgIpc) is 3.03. The first-order valence-electron chi connectivity index (χ1n) is 9.68. The van der Waals surface area contributed by atoms with Crippen molar-refractivity contribution in [1.29, 1.82) is 0 Å². The molecule has 3 heterocycles. The first kappa shape index (κ1) is 21.6. The number of hydrogen-bond acceptors (Lipinski definition) is 7. The summed E-state index contributed by atoms with van der Waals surface area (Å²) in [6.45, 7) is 3.53. The first-order valence-corrected chi connectivity index (χ1v) is 11.2. The highest BCUT2D eigenvalue weighted by Gasteiger charge is 2.29. The zero-order valence-electron chi connectivity index (χ0n) is 17.2. The van der Waals surface area contributed by atoms with Crippen molar-refractivity contribution < 1.29 is 22.7 Å². The zero-order chi connectivity index (χ0) is 23.0. The molecular formula is C22H19FN4O4S. The molecule has 1 aliphatic rings. The molecular weight excluding hydrogens is 435 g/mol. The van der Waals surface area contributed by atoms with E-state index >= 15 is 0 Å². The highest BCUT2D eigenvalue weighted by atomic mass is 32.2. The van der Waals surface area contributed by atoms with Crippen LogP contribution < -0.4 is 15.9 Å². The number of aromatic nitrogens is 2. The topological polar surface area (TPSA) is 122 Å². The second-order valence-electron chi connectivity index (χ2n) is 7.43. The Labute approximate surface area is 183 Å². The fourth-order valence-corrected chi connectivity index (χ4v) is 5.13. The predicted octanol–water partition coefficient (Wildman–Crippen LogP) is 2.15. The van der Waals surface area contributed by atoms with Gasteiger partial charge in [-0.3, -0.25) is 14.8 Å². The summed E-state index contributed by atoms with van der Waals surface area (Å²) in [5.74, 6) is -1.73. The van der Waals surface area contributed by atoms with Crippen molar-refractivity contribution in [1.82, 2.24) is 9.97 Å². The Bertz CT molecular complexity index is 1450. The number of aryl methyl sites for hydroxylation is 1. The number of carboxylic acids is 1. The van der Waals surface area contributed by atoms with Crippen LogP contribution in [0.15, 0.2) is 63.7 Å². The summed E-state index contributed by atoms with van der Waals surface area (Å²) in [4.78, 5) is 23.0. The summed E-state index contributed by atoms with van der Waals surface area (Å²) in [7, 11) is -4.33. The number of aliphatic carboxylic acids is 1. The van der Waals surface area contributed by atoms with Gasteiger partial charge in [0, 0.05) is 17.6 Å². The highest BCUT2D eigenvalue weighted by molar-refractivity contribution is 7.91. The van der Waals surface area contributed by atoms with Crippen molar-refractivity contribution in [3.8, 4) is 0 Å². The number of fused-ring (bicyclic) bond motifs is 1. The lowest BCUT2D eigenvalue weighted by atomic mass is 10.0. The maximum Gasteiger partial charge on any atom is 0.307 e. The molecule has 0 saturated carbocycles. The fraction of sp³-hybridized carbons (Fsp3) is 0.182. The van der Waals surface area contributed by atoms with Gasteiger partial charge in [0.2, 0.25) is 9.84 Å². The molecule has 4 rings (SSSR count). The molecule has 0 saturated heterocycles. The van der Waals surface area contributed by atoms with E-state index in [-0.39, 0.29) is 21.0 Å². The molecule has 10 heteroatoms. The van der Waals surface area contributed by atoms with E-state index in [1.165, 1.54) is 18.2 Å². The van der Waals surface area contributed by atoms with Crippen LogP contribution in [0.1, 0.15) is 18.9 Å². The van der Waals surface area contributed by atoms with Gasteiger partial charge in [0.1, 0.15) is 16.5 Å². The molecule has 3 aromatic rings. The maximum atomic E-state index is 14.8. The van der Waals surface area contributed by atoms with E-state index in [4.69, 9.17) is 0 Å². The van der Waals surface area contributed by atoms with Crippen LogP contribution in [0.25, 0.3) is 5.57 Å². The molecule has 164 valence electrons. The van der Waals surface area contributed by atoms with Gasteiger partial charge < -0.3 is 10.4 Å². The Morgan fingerprint density at radius 3 is 2.62 bits per heavy atom. The Balaban J connectivity index is 1.79. The lowest BCUT2D eigenvalue weighted by molar-refractivity contribution is -0.135. The number of nitrogens with zero attached hydrogens (tertiary/aromatic N) is 3. The monoisotopic (exact) mass is 454 g/mol. The van der Waals surface area contributed by atoms with Crippen LogP contribution in [0.5, 0.6) is 0 Å². The van der Waals surface area contributed by atoms with Gasteiger partial charge in [-0.1, -0.05) is 0 Å². The fourth-order valence-electron chi connectivity index (χ4n) is 3.62. The van der Waals surface area contributed by atoms with Gasteiger partial charge in [-0.15, -0.1) is 0 Å². The molecule has 1 unspecified atom stereocenters. The van der Waals surface area contributed by atoms with Crippen LogP contribution >= 0.6 is 0 Å². The number of anilines is 2. The second-order valence-corrected chi connectivity index (χ2v) is 9.32. The standard InChI is InChI=1S/C22H19FN4O4S/c1-12-7-14(10-24-9-12)27-19-6-3-15(11-25-19)32(30,31)22-17(23)4-5-18-21(22)16(8-20(28)29)13(2)26-18/h3-7,9-11,13H,8H2,1-2H3,(H,25,27)(H,28,29). The van der Waals surface area contributed by atoms with Crippen LogP contribution in [-0.2, 0) is 14.6 Å². The molecule has 0 amide bonds. The third kappa shape index (κ3) is 3.96. The molecule has 1 atom stereocenters. The maximum absolute atomic E-state index is 14.8. The van der Waals surface area contributed by atoms with Gasteiger partial charge in [-0.05, 0) is 55.3 Å². The van der Waals surface area contributed by atoms with Crippen LogP contribution in [0.3, 0.4) is 0 Å². The number of carbonyl (C=O) groups is 1. The summed E-state index contributed by atoms with van der Waals surface area (Å²) in [5.41, 5.74) is 1.88. The molecule has 0 fully saturated rings. The average molecular weight is 454 g/mol. The molecule has 0 radical (unpaired) electrons. The highest BCUT2D eigenvalue weighted by Crippen LogP contribution is 2.24. The van der Waals surface area contributed by atoms with Crippen molar-refractivity contribution in [2.24, 2.45) is 4.99 Å². The lowest BCUT2D eigenvalue weighted by Gasteiger charge is -2.10. The number of carboxylic acid groups (broad SMARTS) is 1. The van der Waals surface area contributed by atoms with E-state index in [1.807, 2.05) is 13.0 Å². The zero-order valence-corrected chi connectivity index (χ0v) is 18.0. The number of halogens is 1. The summed E-state index contributed by atoms with van der Waals surface area (Å²) in [6, 6.07) is 6.46. The third-order valence-corrected chi connectivity index (χ3v) is 6.85. The van der Waals surface area contributed by atoms with Crippen LogP contribution in [-0.4, -0.2) is 35.5 Å². The molecule has 32 heavy (non-hydrogen) atoms. The van der Waals surface area contributed by atoms with Crippen molar-refractivity contribution in [3.63, 3.8) is 0 Å². The minimum Gasteiger partial charge on any atom is -0.481 e. The number of benzene rings is 1. The largest absolute Gasteiger partial charge is 0.481 e. The summed E-state index contributed by atoms with van der Waals surface area (Å²) < 4.78 is 41.6. The number of nitrogens with one attached hydrogen (secondary N) is 1. The quantitative estimate of drug-likeness (QED) is 0.585. The molecule has 1 aliphatic heterocycles. The van der Waals surface area contributed by atoms with Gasteiger partial charge in [0.25, 0.3) is 0 Å². The second kappa shape index (κ2) is 8.12. The number of pyridine rings is 2. The normalized spacial score (nSPS) is 15.2. The number of rotatable bonds is 6. The van der Waals surface area contributed by atoms with Crippen LogP contribution in [0.2, 0.25) is 0 Å². The number of hydrogen-bond donors (Lipinski definition) is 2. The Morgan fingerprint density at radius 1 is 1.19 bits per heavy atom. The first-order chi connectivity index (χ1) is 15.2. The molecule has 0 bridgehead atoms. The number of sulfone groups is 1.